The fraction of sp³-hybridized carbons (Fsp3) is 0.143. The molecule has 0 fully saturated rings. The largest absolute Gasteiger partial charge is 0.486 e. The van der Waals surface area contributed by atoms with Crippen molar-refractivity contribution in [3.8, 4) is 5.75 Å². The third kappa shape index (κ3) is 2.77. The molecule has 2 aromatic carbocycles. The average Bonchev–Trinajstić information content (AvgIpc) is 3.16. The molecule has 2 aromatic heterocycles. The molecule has 0 spiro atoms. The van der Waals surface area contributed by atoms with E-state index < -0.39 is 5.97 Å². The number of carbonyl (C=O) groups is 1. The fourth-order valence-electron chi connectivity index (χ4n) is 3.07. The third-order valence-corrected chi connectivity index (χ3v) is 4.21. The van der Waals surface area contributed by atoms with Gasteiger partial charge in [0.15, 0.2) is 11.4 Å². The fourth-order valence-corrected chi connectivity index (χ4v) is 3.07. The molecule has 0 amide bonds. The molecule has 0 aliphatic heterocycles. The molecule has 0 radical (unpaired) electrons. The highest BCUT2D eigenvalue weighted by atomic mass is 16.5. The first kappa shape index (κ1) is 16.1. The Morgan fingerprint density at radius 2 is 1.73 bits per heavy atom. The number of fused-ring (bicyclic) bond motifs is 3. The van der Waals surface area contributed by atoms with Gasteiger partial charge in [-0.25, -0.2) is 9.31 Å². The van der Waals surface area contributed by atoms with Crippen LogP contribution in [-0.2, 0) is 11.3 Å². The van der Waals surface area contributed by atoms with Gasteiger partial charge in [0.1, 0.15) is 6.61 Å². The number of pyridine rings is 1. The Balaban J connectivity index is 1.91. The van der Waals surface area contributed by atoms with Crippen molar-refractivity contribution < 1.29 is 14.3 Å². The number of hydrogen-bond donors (Lipinski definition) is 0. The van der Waals surface area contributed by atoms with E-state index in [4.69, 9.17) is 9.47 Å². The maximum Gasteiger partial charge on any atom is 0.360 e. The van der Waals surface area contributed by atoms with E-state index in [0.29, 0.717) is 18.1 Å². The predicted molar refractivity (Wildman–Crippen MR) is 99.4 cm³/mol. The minimum Gasteiger partial charge on any atom is -0.486 e. The van der Waals surface area contributed by atoms with Crippen molar-refractivity contribution in [1.82, 2.24) is 9.61 Å². The third-order valence-electron chi connectivity index (χ3n) is 4.21. The molecule has 5 nitrogen and oxygen atoms in total. The van der Waals surface area contributed by atoms with Gasteiger partial charge in [-0.2, -0.15) is 5.10 Å². The number of benzene rings is 2. The summed E-state index contributed by atoms with van der Waals surface area (Å²) in [6, 6.07) is 19.6. The average molecular weight is 346 g/mol. The van der Waals surface area contributed by atoms with E-state index in [1.54, 1.807) is 17.6 Å². The Morgan fingerprint density at radius 1 is 1.00 bits per heavy atom. The minimum atomic E-state index is -0.449. The molecule has 26 heavy (non-hydrogen) atoms. The highest BCUT2D eigenvalue weighted by molar-refractivity contribution is 6.06. The molecule has 5 heteroatoms. The second-order valence-corrected chi connectivity index (χ2v) is 5.85. The molecule has 2 heterocycles. The predicted octanol–water partition coefficient (Wildman–Crippen LogP) is 4.24. The zero-order chi connectivity index (χ0) is 17.9. The van der Waals surface area contributed by atoms with E-state index in [-0.39, 0.29) is 6.61 Å². The SMILES string of the molecule is CCOC(=O)c1c(OCc2ccccc2)c2ccccc2c2ccnn12. The lowest BCUT2D eigenvalue weighted by Crippen LogP contribution is -2.14. The monoisotopic (exact) mass is 346 g/mol. The first-order chi connectivity index (χ1) is 12.8. The van der Waals surface area contributed by atoms with Crippen LogP contribution in [0.2, 0.25) is 0 Å². The molecule has 0 aliphatic rings. The Morgan fingerprint density at radius 3 is 2.50 bits per heavy atom. The molecule has 4 aromatic rings. The number of ether oxygens (including phenoxy) is 2. The Labute approximate surface area is 150 Å². The summed E-state index contributed by atoms with van der Waals surface area (Å²) in [7, 11) is 0. The molecular formula is C21H18N2O3. The normalized spacial score (nSPS) is 11.0. The summed E-state index contributed by atoms with van der Waals surface area (Å²) in [5.41, 5.74) is 2.17. The molecule has 4 rings (SSSR count). The molecule has 0 atom stereocenters. The molecule has 0 bridgehead atoms. The van der Waals surface area contributed by atoms with Crippen molar-refractivity contribution in [2.45, 2.75) is 13.5 Å². The minimum absolute atomic E-state index is 0.284. The van der Waals surface area contributed by atoms with Crippen LogP contribution in [0.1, 0.15) is 23.0 Å². The van der Waals surface area contributed by atoms with Gasteiger partial charge in [0.25, 0.3) is 0 Å². The molecule has 0 unspecified atom stereocenters. The molecule has 0 aliphatic carbocycles. The Bertz CT molecular complexity index is 1070. The van der Waals surface area contributed by atoms with E-state index >= 15 is 0 Å². The van der Waals surface area contributed by atoms with Crippen molar-refractivity contribution in [3.63, 3.8) is 0 Å². The van der Waals surface area contributed by atoms with Gasteiger partial charge < -0.3 is 9.47 Å². The van der Waals surface area contributed by atoms with Crippen LogP contribution in [0, 0.1) is 0 Å². The molecular weight excluding hydrogens is 328 g/mol. The maximum absolute atomic E-state index is 12.7. The first-order valence-corrected chi connectivity index (χ1v) is 8.52. The van der Waals surface area contributed by atoms with E-state index in [1.807, 2.05) is 60.7 Å². The second kappa shape index (κ2) is 6.88. The summed E-state index contributed by atoms with van der Waals surface area (Å²) in [6.45, 7) is 2.42. The van der Waals surface area contributed by atoms with Crippen LogP contribution in [-0.4, -0.2) is 22.2 Å². The van der Waals surface area contributed by atoms with Crippen molar-refractivity contribution in [2.24, 2.45) is 0 Å². The van der Waals surface area contributed by atoms with Crippen LogP contribution in [0.4, 0.5) is 0 Å². The highest BCUT2D eigenvalue weighted by Crippen LogP contribution is 2.34. The van der Waals surface area contributed by atoms with Crippen LogP contribution < -0.4 is 4.74 Å². The van der Waals surface area contributed by atoms with Gasteiger partial charge in [-0.15, -0.1) is 0 Å². The number of carbonyl (C=O) groups excluding carboxylic acids is 1. The molecule has 0 N–H and O–H groups in total. The van der Waals surface area contributed by atoms with Crippen molar-refractivity contribution >= 4 is 22.3 Å². The lowest BCUT2D eigenvalue weighted by Gasteiger charge is -2.16. The Hall–Kier alpha value is -3.34. The van der Waals surface area contributed by atoms with Crippen molar-refractivity contribution in [2.75, 3.05) is 6.61 Å². The highest BCUT2D eigenvalue weighted by Gasteiger charge is 2.23. The number of rotatable bonds is 5. The lowest BCUT2D eigenvalue weighted by molar-refractivity contribution is 0.0511. The second-order valence-electron chi connectivity index (χ2n) is 5.85. The Kier molecular flexibility index (Phi) is 4.27. The zero-order valence-electron chi connectivity index (χ0n) is 14.4. The van der Waals surface area contributed by atoms with E-state index in [2.05, 4.69) is 5.10 Å². The van der Waals surface area contributed by atoms with Gasteiger partial charge >= 0.3 is 5.97 Å². The molecule has 0 saturated heterocycles. The summed E-state index contributed by atoms with van der Waals surface area (Å²) in [5.74, 6) is 0.0362. The smallest absolute Gasteiger partial charge is 0.360 e. The number of nitrogens with zero attached hydrogens (tertiary/aromatic N) is 2. The lowest BCUT2D eigenvalue weighted by atomic mass is 10.1. The molecule has 0 saturated carbocycles. The number of aromatic nitrogens is 2. The summed E-state index contributed by atoms with van der Waals surface area (Å²) in [6.07, 6.45) is 1.67. The van der Waals surface area contributed by atoms with Crippen molar-refractivity contribution in [3.05, 3.63) is 78.1 Å². The van der Waals surface area contributed by atoms with Gasteiger partial charge in [-0.05, 0) is 18.6 Å². The van der Waals surface area contributed by atoms with Gasteiger partial charge in [0.05, 0.1) is 18.3 Å². The molecule has 130 valence electrons. The van der Waals surface area contributed by atoms with Gasteiger partial charge in [-0.3, -0.25) is 0 Å². The maximum atomic E-state index is 12.7. The zero-order valence-corrected chi connectivity index (χ0v) is 14.4. The van der Waals surface area contributed by atoms with Crippen LogP contribution >= 0.6 is 0 Å². The van der Waals surface area contributed by atoms with Gasteiger partial charge in [-0.1, -0.05) is 54.6 Å². The summed E-state index contributed by atoms with van der Waals surface area (Å²) < 4.78 is 13.0. The van der Waals surface area contributed by atoms with Crippen molar-refractivity contribution in [1.29, 1.82) is 0 Å². The summed E-state index contributed by atoms with van der Waals surface area (Å²) in [5, 5.41) is 6.16. The van der Waals surface area contributed by atoms with Gasteiger partial charge in [0.2, 0.25) is 0 Å². The number of hydrogen-bond acceptors (Lipinski definition) is 4. The quantitative estimate of drug-likeness (QED) is 0.507. The topological polar surface area (TPSA) is 52.8 Å². The standard InChI is InChI=1S/C21H18N2O3/c1-2-25-21(24)19-20(26-14-15-8-4-3-5-9-15)17-11-7-6-10-16(17)18-12-13-22-23(18)19/h3-13H,2,14H2,1H3. The van der Waals surface area contributed by atoms with Gasteiger partial charge in [0, 0.05) is 10.8 Å². The van der Waals surface area contributed by atoms with Crippen LogP contribution in [0.25, 0.3) is 16.3 Å². The van der Waals surface area contributed by atoms with E-state index in [1.165, 1.54) is 0 Å². The van der Waals surface area contributed by atoms with E-state index in [0.717, 1.165) is 21.9 Å². The van der Waals surface area contributed by atoms with E-state index in [9.17, 15) is 4.79 Å². The summed E-state index contributed by atoms with van der Waals surface area (Å²) >= 11 is 0. The van der Waals surface area contributed by atoms with Crippen LogP contribution in [0.15, 0.2) is 66.9 Å². The number of esters is 1. The summed E-state index contributed by atoms with van der Waals surface area (Å²) in [4.78, 5) is 12.7. The van der Waals surface area contributed by atoms with Crippen LogP contribution in [0.5, 0.6) is 5.75 Å². The first-order valence-electron chi connectivity index (χ1n) is 8.52. The van der Waals surface area contributed by atoms with Crippen LogP contribution in [0.3, 0.4) is 0 Å².